The van der Waals surface area contributed by atoms with Gasteiger partial charge in [-0.2, -0.15) is 9.61 Å². The average Bonchev–Trinajstić information content (AvgIpc) is 2.98. The second kappa shape index (κ2) is 6.25. The molecule has 0 aromatic carbocycles. The Morgan fingerprint density at radius 2 is 2.17 bits per heavy atom. The summed E-state index contributed by atoms with van der Waals surface area (Å²) in [5.74, 6) is 1.35. The molecule has 3 aromatic rings. The number of fused-ring (bicyclic) bond motifs is 1. The molecule has 0 spiro atoms. The molecule has 1 aliphatic heterocycles. The average molecular weight is 373 g/mol. The van der Waals surface area contributed by atoms with Gasteiger partial charge in [0.25, 0.3) is 0 Å². The molecule has 1 aliphatic rings. The van der Waals surface area contributed by atoms with E-state index in [9.17, 15) is 0 Å². The first-order valence-electron chi connectivity index (χ1n) is 7.73. The number of anilines is 2. The van der Waals surface area contributed by atoms with Gasteiger partial charge in [-0.1, -0.05) is 0 Å². The molecule has 0 amide bonds. The van der Waals surface area contributed by atoms with Gasteiger partial charge in [0.05, 0.1) is 16.4 Å². The van der Waals surface area contributed by atoms with Crippen molar-refractivity contribution >= 4 is 33.1 Å². The summed E-state index contributed by atoms with van der Waals surface area (Å²) in [5, 5.41) is 11.3. The first kappa shape index (κ1) is 14.6. The number of hydrogen-bond acceptors (Lipinski definition) is 5. The van der Waals surface area contributed by atoms with Gasteiger partial charge in [-0.3, -0.25) is 4.98 Å². The standard InChI is InChI=1S/C16H17BrN6/c17-13-10-20-23-15(21-12-3-6-18-7-4-12)8-14(22-16(13)23)11-2-1-5-19-9-11/h3-4,6-8,10-11,19H,1-2,5,9H2,(H,18,21). The van der Waals surface area contributed by atoms with E-state index in [4.69, 9.17) is 4.98 Å². The molecule has 0 bridgehead atoms. The van der Waals surface area contributed by atoms with Gasteiger partial charge in [-0.25, -0.2) is 4.98 Å². The lowest BCUT2D eigenvalue weighted by molar-refractivity contribution is 0.455. The van der Waals surface area contributed by atoms with Gasteiger partial charge < -0.3 is 10.6 Å². The van der Waals surface area contributed by atoms with Crippen molar-refractivity contribution in [2.45, 2.75) is 18.8 Å². The molecule has 118 valence electrons. The van der Waals surface area contributed by atoms with Crippen LogP contribution in [0.15, 0.2) is 41.3 Å². The minimum atomic E-state index is 0.438. The third kappa shape index (κ3) is 2.94. The quantitative estimate of drug-likeness (QED) is 0.739. The van der Waals surface area contributed by atoms with Crippen LogP contribution >= 0.6 is 15.9 Å². The number of nitrogens with one attached hydrogen (secondary N) is 2. The summed E-state index contributed by atoms with van der Waals surface area (Å²) in [4.78, 5) is 8.88. The number of nitrogens with zero attached hydrogens (tertiary/aromatic N) is 4. The molecule has 0 radical (unpaired) electrons. The van der Waals surface area contributed by atoms with Crippen LogP contribution < -0.4 is 10.6 Å². The molecule has 1 atom stereocenters. The maximum atomic E-state index is 4.82. The Bertz CT molecular complexity index is 810. The maximum absolute atomic E-state index is 4.82. The van der Waals surface area contributed by atoms with Crippen LogP contribution in [0, 0.1) is 0 Å². The molecule has 1 unspecified atom stereocenters. The zero-order valence-corrected chi connectivity index (χ0v) is 14.1. The summed E-state index contributed by atoms with van der Waals surface area (Å²) >= 11 is 3.55. The summed E-state index contributed by atoms with van der Waals surface area (Å²) in [6.45, 7) is 2.07. The number of halogens is 1. The van der Waals surface area contributed by atoms with Crippen molar-refractivity contribution in [2.75, 3.05) is 18.4 Å². The van der Waals surface area contributed by atoms with E-state index in [2.05, 4.69) is 42.7 Å². The Morgan fingerprint density at radius 1 is 1.30 bits per heavy atom. The Kier molecular flexibility index (Phi) is 3.97. The number of piperidine rings is 1. The van der Waals surface area contributed by atoms with E-state index in [1.54, 1.807) is 18.6 Å². The second-order valence-corrected chi connectivity index (χ2v) is 6.55. The number of aromatic nitrogens is 4. The molecular weight excluding hydrogens is 356 g/mol. The Labute approximate surface area is 142 Å². The molecule has 4 heterocycles. The molecule has 0 aliphatic carbocycles. The molecule has 0 saturated carbocycles. The van der Waals surface area contributed by atoms with Crippen LogP contribution in [0.1, 0.15) is 24.5 Å². The third-order valence-corrected chi connectivity index (χ3v) is 4.68. The van der Waals surface area contributed by atoms with E-state index >= 15 is 0 Å². The first-order chi connectivity index (χ1) is 11.3. The topological polar surface area (TPSA) is 67.1 Å². The number of hydrogen-bond donors (Lipinski definition) is 2. The van der Waals surface area contributed by atoms with Gasteiger partial charge in [0, 0.05) is 36.6 Å². The molecule has 1 fully saturated rings. The van der Waals surface area contributed by atoms with E-state index in [1.165, 1.54) is 6.42 Å². The molecule has 23 heavy (non-hydrogen) atoms. The van der Waals surface area contributed by atoms with Crippen LogP contribution in [0.25, 0.3) is 5.65 Å². The van der Waals surface area contributed by atoms with Crippen LogP contribution in [-0.4, -0.2) is 32.7 Å². The minimum Gasteiger partial charge on any atom is -0.340 e. The highest BCUT2D eigenvalue weighted by Crippen LogP contribution is 2.28. The Hall–Kier alpha value is -1.99. The zero-order chi connectivity index (χ0) is 15.6. The maximum Gasteiger partial charge on any atom is 0.171 e. The number of pyridine rings is 1. The summed E-state index contributed by atoms with van der Waals surface area (Å²) in [6.07, 6.45) is 7.67. The van der Waals surface area contributed by atoms with Gasteiger partial charge >= 0.3 is 0 Å². The van der Waals surface area contributed by atoms with Gasteiger partial charge in [-0.05, 0) is 47.4 Å². The van der Waals surface area contributed by atoms with Crippen molar-refractivity contribution in [2.24, 2.45) is 0 Å². The molecule has 3 aromatic heterocycles. The van der Waals surface area contributed by atoms with E-state index in [0.29, 0.717) is 5.92 Å². The smallest absolute Gasteiger partial charge is 0.171 e. The van der Waals surface area contributed by atoms with Gasteiger partial charge in [0.15, 0.2) is 5.65 Å². The zero-order valence-electron chi connectivity index (χ0n) is 12.5. The normalized spacial score (nSPS) is 18.2. The highest BCUT2D eigenvalue weighted by molar-refractivity contribution is 9.10. The number of rotatable bonds is 3. The molecule has 1 saturated heterocycles. The molecule has 6 nitrogen and oxygen atoms in total. The summed E-state index contributed by atoms with van der Waals surface area (Å²) in [7, 11) is 0. The van der Waals surface area contributed by atoms with Gasteiger partial charge in [-0.15, -0.1) is 0 Å². The predicted molar refractivity (Wildman–Crippen MR) is 93.1 cm³/mol. The lowest BCUT2D eigenvalue weighted by Gasteiger charge is -2.23. The lowest BCUT2D eigenvalue weighted by atomic mass is 9.96. The third-order valence-electron chi connectivity index (χ3n) is 4.12. The Morgan fingerprint density at radius 3 is 2.96 bits per heavy atom. The van der Waals surface area contributed by atoms with Crippen LogP contribution in [0.4, 0.5) is 11.5 Å². The molecule has 7 heteroatoms. The van der Waals surface area contributed by atoms with Crippen molar-refractivity contribution in [3.8, 4) is 0 Å². The van der Waals surface area contributed by atoms with Crippen molar-refractivity contribution in [1.29, 1.82) is 0 Å². The first-order valence-corrected chi connectivity index (χ1v) is 8.52. The van der Waals surface area contributed by atoms with Crippen molar-refractivity contribution < 1.29 is 0 Å². The second-order valence-electron chi connectivity index (χ2n) is 5.70. The largest absolute Gasteiger partial charge is 0.340 e. The predicted octanol–water partition coefficient (Wildman–Crippen LogP) is 3.10. The van der Waals surface area contributed by atoms with Crippen molar-refractivity contribution in [3.63, 3.8) is 0 Å². The lowest BCUT2D eigenvalue weighted by Crippen LogP contribution is -2.29. The van der Waals surface area contributed by atoms with Crippen LogP contribution in [0.5, 0.6) is 0 Å². The fourth-order valence-electron chi connectivity index (χ4n) is 2.94. The van der Waals surface area contributed by atoms with Crippen LogP contribution in [-0.2, 0) is 0 Å². The SMILES string of the molecule is Brc1cnn2c(Nc3ccncc3)cc(C3CCCNC3)nc12. The highest BCUT2D eigenvalue weighted by atomic mass is 79.9. The van der Waals surface area contributed by atoms with Crippen LogP contribution in [0.2, 0.25) is 0 Å². The van der Waals surface area contributed by atoms with Crippen molar-refractivity contribution in [3.05, 3.63) is 47.0 Å². The monoisotopic (exact) mass is 372 g/mol. The summed E-state index contributed by atoms with van der Waals surface area (Å²) in [5.41, 5.74) is 2.92. The summed E-state index contributed by atoms with van der Waals surface area (Å²) < 4.78 is 2.73. The van der Waals surface area contributed by atoms with Crippen molar-refractivity contribution in [1.82, 2.24) is 24.9 Å². The van der Waals surface area contributed by atoms with E-state index in [0.717, 1.165) is 46.8 Å². The van der Waals surface area contributed by atoms with Crippen LogP contribution in [0.3, 0.4) is 0 Å². The molecule has 4 rings (SSSR count). The molecule has 2 N–H and O–H groups in total. The fraction of sp³-hybridized carbons (Fsp3) is 0.312. The Balaban J connectivity index is 1.78. The minimum absolute atomic E-state index is 0.438. The van der Waals surface area contributed by atoms with E-state index < -0.39 is 0 Å². The van der Waals surface area contributed by atoms with E-state index in [1.807, 2.05) is 16.6 Å². The highest BCUT2D eigenvalue weighted by Gasteiger charge is 2.19. The fourth-order valence-corrected chi connectivity index (χ4v) is 3.29. The molecular formula is C16H17BrN6. The van der Waals surface area contributed by atoms with Gasteiger partial charge in [0.2, 0.25) is 0 Å². The van der Waals surface area contributed by atoms with E-state index in [-0.39, 0.29) is 0 Å². The summed E-state index contributed by atoms with van der Waals surface area (Å²) in [6, 6.07) is 5.98. The van der Waals surface area contributed by atoms with Gasteiger partial charge in [0.1, 0.15) is 5.82 Å².